The molecule has 0 bridgehead atoms. The number of hydrogen-bond acceptors (Lipinski definition) is 3. The number of carbonyl (C=O) groups excluding carboxylic acids is 1. The van der Waals surface area contributed by atoms with Gasteiger partial charge in [-0.15, -0.1) is 11.3 Å². The third-order valence-corrected chi connectivity index (χ3v) is 4.22. The number of primary amides is 1. The summed E-state index contributed by atoms with van der Waals surface area (Å²) in [5.41, 5.74) is 6.28. The number of benzene rings is 1. The SMILES string of the molecule is NC(=O)c1cc2c(s1)-c1c(F)ccc(Cl)c1OC2. The number of fused-ring (bicyclic) bond motifs is 3. The second kappa shape index (κ2) is 3.96. The van der Waals surface area contributed by atoms with Crippen LogP contribution in [0.1, 0.15) is 15.2 Å². The van der Waals surface area contributed by atoms with Crippen LogP contribution in [0.25, 0.3) is 10.4 Å². The van der Waals surface area contributed by atoms with Gasteiger partial charge in [0.1, 0.15) is 18.2 Å². The Morgan fingerprint density at radius 1 is 1.50 bits per heavy atom. The van der Waals surface area contributed by atoms with Crippen molar-refractivity contribution in [2.75, 3.05) is 0 Å². The molecule has 0 aliphatic carbocycles. The number of ether oxygens (including phenoxy) is 1. The number of thiophene rings is 1. The van der Waals surface area contributed by atoms with Gasteiger partial charge in [0.15, 0.2) is 0 Å². The van der Waals surface area contributed by atoms with Crippen molar-refractivity contribution in [3.63, 3.8) is 0 Å². The fraction of sp³-hybridized carbons (Fsp3) is 0.0833. The van der Waals surface area contributed by atoms with E-state index in [1.165, 1.54) is 12.1 Å². The van der Waals surface area contributed by atoms with E-state index in [-0.39, 0.29) is 6.61 Å². The lowest BCUT2D eigenvalue weighted by atomic mass is 10.1. The van der Waals surface area contributed by atoms with Crippen molar-refractivity contribution in [3.8, 4) is 16.2 Å². The van der Waals surface area contributed by atoms with Crippen LogP contribution in [0.15, 0.2) is 18.2 Å². The van der Waals surface area contributed by atoms with Gasteiger partial charge in [0.25, 0.3) is 5.91 Å². The fourth-order valence-electron chi connectivity index (χ4n) is 1.90. The molecule has 2 aromatic rings. The number of nitrogens with two attached hydrogens (primary N) is 1. The van der Waals surface area contributed by atoms with Gasteiger partial charge < -0.3 is 10.5 Å². The molecule has 0 radical (unpaired) electrons. The van der Waals surface area contributed by atoms with Gasteiger partial charge in [-0.1, -0.05) is 11.6 Å². The molecule has 1 aromatic carbocycles. The molecule has 0 atom stereocenters. The Morgan fingerprint density at radius 3 is 3.00 bits per heavy atom. The Kier molecular flexibility index (Phi) is 2.53. The van der Waals surface area contributed by atoms with Crippen molar-refractivity contribution in [1.29, 1.82) is 0 Å². The molecule has 1 aliphatic heterocycles. The molecule has 0 spiro atoms. The van der Waals surface area contributed by atoms with E-state index in [4.69, 9.17) is 22.1 Å². The summed E-state index contributed by atoms with van der Waals surface area (Å²) in [6, 6.07) is 4.36. The molecule has 0 saturated heterocycles. The van der Waals surface area contributed by atoms with E-state index in [0.29, 0.717) is 26.1 Å². The van der Waals surface area contributed by atoms with E-state index in [2.05, 4.69) is 0 Å². The summed E-state index contributed by atoms with van der Waals surface area (Å²) in [6.45, 7) is 0.259. The molecule has 2 heterocycles. The van der Waals surface area contributed by atoms with E-state index >= 15 is 0 Å². The second-order valence-electron chi connectivity index (χ2n) is 3.85. The van der Waals surface area contributed by atoms with Gasteiger partial charge in [0.05, 0.1) is 15.5 Å². The summed E-state index contributed by atoms with van der Waals surface area (Å²) in [6.07, 6.45) is 0. The van der Waals surface area contributed by atoms with E-state index in [1.54, 1.807) is 6.07 Å². The summed E-state index contributed by atoms with van der Waals surface area (Å²) in [7, 11) is 0. The molecule has 1 amide bonds. The second-order valence-corrected chi connectivity index (χ2v) is 5.31. The molecular formula is C12H7ClFNO2S. The summed E-state index contributed by atoms with van der Waals surface area (Å²) in [5.74, 6) is -0.631. The average Bonchev–Trinajstić information content (AvgIpc) is 2.77. The lowest BCUT2D eigenvalue weighted by molar-refractivity contribution is 0.100. The molecule has 0 unspecified atom stereocenters. The van der Waals surface area contributed by atoms with Crippen molar-refractivity contribution in [2.45, 2.75) is 6.61 Å². The van der Waals surface area contributed by atoms with Gasteiger partial charge in [-0.2, -0.15) is 0 Å². The van der Waals surface area contributed by atoms with Crippen molar-refractivity contribution >= 4 is 28.8 Å². The van der Waals surface area contributed by atoms with Crippen LogP contribution in [0.4, 0.5) is 4.39 Å². The maximum absolute atomic E-state index is 13.9. The van der Waals surface area contributed by atoms with Crippen LogP contribution >= 0.6 is 22.9 Å². The number of rotatable bonds is 1. The molecule has 0 fully saturated rings. The minimum atomic E-state index is -0.529. The number of carbonyl (C=O) groups is 1. The molecule has 1 aliphatic rings. The van der Waals surface area contributed by atoms with E-state index in [9.17, 15) is 9.18 Å². The van der Waals surface area contributed by atoms with Crippen LogP contribution in [0, 0.1) is 5.82 Å². The van der Waals surface area contributed by atoms with Gasteiger partial charge in [-0.25, -0.2) is 4.39 Å². The molecule has 6 heteroatoms. The quantitative estimate of drug-likeness (QED) is 0.874. The van der Waals surface area contributed by atoms with Crippen molar-refractivity contribution in [1.82, 2.24) is 0 Å². The molecule has 92 valence electrons. The van der Waals surface area contributed by atoms with Crippen LogP contribution in [-0.4, -0.2) is 5.91 Å². The largest absolute Gasteiger partial charge is 0.486 e. The highest BCUT2D eigenvalue weighted by Crippen LogP contribution is 2.46. The normalized spacial score (nSPS) is 12.6. The molecule has 18 heavy (non-hydrogen) atoms. The zero-order valence-electron chi connectivity index (χ0n) is 9.00. The summed E-state index contributed by atoms with van der Waals surface area (Å²) in [5, 5.41) is 0.353. The summed E-state index contributed by atoms with van der Waals surface area (Å²) in [4.78, 5) is 12.2. The maximum Gasteiger partial charge on any atom is 0.258 e. The average molecular weight is 284 g/mol. The highest BCUT2D eigenvalue weighted by Gasteiger charge is 2.26. The third kappa shape index (κ3) is 1.59. The fourth-order valence-corrected chi connectivity index (χ4v) is 3.18. The summed E-state index contributed by atoms with van der Waals surface area (Å²) < 4.78 is 19.3. The van der Waals surface area contributed by atoms with E-state index < -0.39 is 11.7 Å². The first-order valence-electron chi connectivity index (χ1n) is 5.11. The van der Waals surface area contributed by atoms with Crippen molar-refractivity contribution in [2.24, 2.45) is 5.73 Å². The number of halogens is 2. The van der Waals surface area contributed by atoms with Gasteiger partial charge in [0, 0.05) is 10.4 Å². The van der Waals surface area contributed by atoms with Crippen molar-refractivity contribution < 1.29 is 13.9 Å². The third-order valence-electron chi connectivity index (χ3n) is 2.71. The van der Waals surface area contributed by atoms with Crippen LogP contribution in [0.2, 0.25) is 5.02 Å². The Balaban J connectivity index is 2.28. The molecule has 1 aromatic heterocycles. The lowest BCUT2D eigenvalue weighted by Crippen LogP contribution is -2.08. The zero-order valence-corrected chi connectivity index (χ0v) is 10.6. The minimum Gasteiger partial charge on any atom is -0.486 e. The monoisotopic (exact) mass is 283 g/mol. The van der Waals surface area contributed by atoms with Crippen molar-refractivity contribution in [3.05, 3.63) is 39.5 Å². The van der Waals surface area contributed by atoms with Crippen LogP contribution in [0.3, 0.4) is 0 Å². The molecule has 3 rings (SSSR count). The Hall–Kier alpha value is -1.59. The first-order valence-corrected chi connectivity index (χ1v) is 6.31. The molecule has 3 nitrogen and oxygen atoms in total. The standard InChI is InChI=1S/C12H7ClFNO2S/c13-6-1-2-7(14)9-10(6)17-4-5-3-8(12(15)16)18-11(5)9/h1-3H,4H2,(H2,15,16). The topological polar surface area (TPSA) is 52.3 Å². The predicted molar refractivity (Wildman–Crippen MR) is 67.6 cm³/mol. The Labute approximate surface area is 111 Å². The summed E-state index contributed by atoms with van der Waals surface area (Å²) >= 11 is 7.13. The van der Waals surface area contributed by atoms with Gasteiger partial charge in [-0.3, -0.25) is 4.79 Å². The van der Waals surface area contributed by atoms with Gasteiger partial charge in [-0.05, 0) is 18.2 Å². The van der Waals surface area contributed by atoms with E-state index in [0.717, 1.165) is 16.9 Å². The molecule has 0 saturated carbocycles. The maximum atomic E-state index is 13.9. The highest BCUT2D eigenvalue weighted by molar-refractivity contribution is 7.17. The highest BCUT2D eigenvalue weighted by atomic mass is 35.5. The number of amides is 1. The first-order chi connectivity index (χ1) is 8.58. The van der Waals surface area contributed by atoms with Crippen LogP contribution in [-0.2, 0) is 6.61 Å². The van der Waals surface area contributed by atoms with Gasteiger partial charge >= 0.3 is 0 Å². The van der Waals surface area contributed by atoms with Crippen LogP contribution in [0.5, 0.6) is 5.75 Å². The molecular weight excluding hydrogens is 277 g/mol. The predicted octanol–water partition coefficient (Wildman–Crippen LogP) is 3.20. The Morgan fingerprint density at radius 2 is 2.28 bits per heavy atom. The van der Waals surface area contributed by atoms with Crippen LogP contribution < -0.4 is 10.5 Å². The first kappa shape index (κ1) is 11.5. The van der Waals surface area contributed by atoms with Gasteiger partial charge in [0.2, 0.25) is 0 Å². The minimum absolute atomic E-state index is 0.259. The van der Waals surface area contributed by atoms with E-state index in [1.807, 2.05) is 0 Å². The number of hydrogen-bond donors (Lipinski definition) is 1. The Bertz CT molecular complexity index is 668. The smallest absolute Gasteiger partial charge is 0.258 e. The molecule has 2 N–H and O–H groups in total. The zero-order chi connectivity index (χ0) is 12.9. The lowest BCUT2D eigenvalue weighted by Gasteiger charge is -2.19.